The summed E-state index contributed by atoms with van der Waals surface area (Å²) in [7, 11) is 0. The van der Waals surface area contributed by atoms with Gasteiger partial charge in [0.15, 0.2) is 0 Å². The molecule has 96 valence electrons. The van der Waals surface area contributed by atoms with Crippen molar-refractivity contribution in [3.05, 3.63) is 0 Å². The topological polar surface area (TPSA) is 12.0 Å². The smallest absolute Gasteiger partial charge is 0.00952 e. The number of hydrogen-bond donors (Lipinski definition) is 1. The Balaban J connectivity index is 2.12. The molecule has 1 saturated carbocycles. The van der Waals surface area contributed by atoms with Crippen molar-refractivity contribution in [1.82, 2.24) is 5.32 Å². The van der Waals surface area contributed by atoms with Gasteiger partial charge in [0.2, 0.25) is 0 Å². The van der Waals surface area contributed by atoms with Crippen LogP contribution in [0.5, 0.6) is 0 Å². The number of unbranched alkanes of at least 4 members (excludes halogenated alkanes) is 1. The van der Waals surface area contributed by atoms with Gasteiger partial charge in [-0.3, -0.25) is 0 Å². The van der Waals surface area contributed by atoms with Crippen molar-refractivity contribution in [2.75, 3.05) is 18.1 Å². The van der Waals surface area contributed by atoms with E-state index in [1.54, 1.807) is 0 Å². The number of hydrogen-bond acceptors (Lipinski definition) is 2. The summed E-state index contributed by atoms with van der Waals surface area (Å²) in [6, 6.07) is 0.819. The van der Waals surface area contributed by atoms with Crippen LogP contribution in [0.25, 0.3) is 0 Å². The highest BCUT2D eigenvalue weighted by Crippen LogP contribution is 2.29. The molecule has 1 unspecified atom stereocenters. The van der Waals surface area contributed by atoms with E-state index >= 15 is 0 Å². The van der Waals surface area contributed by atoms with Crippen LogP contribution in [0.4, 0.5) is 0 Å². The lowest BCUT2D eigenvalue weighted by Gasteiger charge is -2.24. The Kier molecular flexibility index (Phi) is 8.40. The zero-order chi connectivity index (χ0) is 11.6. The summed E-state index contributed by atoms with van der Waals surface area (Å²) in [6.07, 6.45) is 10.1. The molecule has 0 radical (unpaired) electrons. The van der Waals surface area contributed by atoms with Crippen LogP contribution in [-0.4, -0.2) is 24.1 Å². The summed E-state index contributed by atoms with van der Waals surface area (Å²) in [5.74, 6) is 3.62. The molecule has 1 aliphatic rings. The molecule has 0 saturated heterocycles. The molecule has 1 N–H and O–H groups in total. The molecule has 1 atom stereocenters. The van der Waals surface area contributed by atoms with Crippen molar-refractivity contribution in [2.24, 2.45) is 5.92 Å². The quantitative estimate of drug-likeness (QED) is 0.612. The van der Waals surface area contributed by atoms with Crippen LogP contribution < -0.4 is 5.32 Å². The van der Waals surface area contributed by atoms with Crippen LogP contribution in [-0.2, 0) is 0 Å². The van der Waals surface area contributed by atoms with Crippen molar-refractivity contribution < 1.29 is 0 Å². The first kappa shape index (κ1) is 14.4. The van der Waals surface area contributed by atoms with Gasteiger partial charge in [0.05, 0.1) is 0 Å². The lowest BCUT2D eigenvalue weighted by molar-refractivity contribution is 0.339. The van der Waals surface area contributed by atoms with Gasteiger partial charge in [-0.15, -0.1) is 0 Å². The standard InChI is InChI=1S/C14H29NS/c1-3-15-14(13-9-5-6-10-13)11-7-8-12-16-4-2/h13-15H,3-12H2,1-2H3. The minimum atomic E-state index is 0.819. The van der Waals surface area contributed by atoms with Gasteiger partial charge in [-0.1, -0.05) is 33.1 Å². The Morgan fingerprint density at radius 1 is 1.19 bits per heavy atom. The third kappa shape index (κ3) is 5.58. The normalized spacial score (nSPS) is 19.1. The average Bonchev–Trinajstić information content (AvgIpc) is 2.81. The first-order chi connectivity index (χ1) is 7.88. The van der Waals surface area contributed by atoms with E-state index < -0.39 is 0 Å². The molecule has 0 amide bonds. The molecule has 0 aliphatic heterocycles. The van der Waals surface area contributed by atoms with Gasteiger partial charge in [0.1, 0.15) is 0 Å². The molecule has 0 bridgehead atoms. The molecule has 1 fully saturated rings. The predicted octanol–water partition coefficient (Wildman–Crippen LogP) is 4.08. The largest absolute Gasteiger partial charge is 0.314 e. The zero-order valence-corrected chi connectivity index (χ0v) is 12.0. The van der Waals surface area contributed by atoms with Gasteiger partial charge in [0, 0.05) is 6.04 Å². The minimum absolute atomic E-state index is 0.819. The van der Waals surface area contributed by atoms with E-state index in [1.165, 1.54) is 56.5 Å². The van der Waals surface area contributed by atoms with E-state index in [9.17, 15) is 0 Å². The maximum absolute atomic E-state index is 3.71. The number of rotatable bonds is 9. The second kappa shape index (κ2) is 9.35. The fourth-order valence-electron chi connectivity index (χ4n) is 2.84. The Bertz CT molecular complexity index is 155. The van der Waals surface area contributed by atoms with E-state index in [4.69, 9.17) is 0 Å². The fourth-order valence-corrected chi connectivity index (χ4v) is 3.54. The van der Waals surface area contributed by atoms with Gasteiger partial charge in [-0.25, -0.2) is 0 Å². The number of thioether (sulfide) groups is 1. The molecular weight excluding hydrogens is 214 g/mol. The van der Waals surface area contributed by atoms with Crippen molar-refractivity contribution in [2.45, 2.75) is 64.8 Å². The van der Waals surface area contributed by atoms with Gasteiger partial charge >= 0.3 is 0 Å². The summed E-state index contributed by atoms with van der Waals surface area (Å²) in [5.41, 5.74) is 0. The SMILES string of the molecule is CCNC(CCCCSCC)C1CCCC1. The van der Waals surface area contributed by atoms with Crippen molar-refractivity contribution >= 4 is 11.8 Å². The highest BCUT2D eigenvalue weighted by Gasteiger charge is 2.23. The molecule has 1 nitrogen and oxygen atoms in total. The summed E-state index contributed by atoms with van der Waals surface area (Å²) in [6.45, 7) is 5.64. The van der Waals surface area contributed by atoms with Crippen LogP contribution in [0.3, 0.4) is 0 Å². The van der Waals surface area contributed by atoms with E-state index in [0.717, 1.165) is 18.5 Å². The van der Waals surface area contributed by atoms with Crippen LogP contribution in [0.2, 0.25) is 0 Å². The molecule has 0 aromatic carbocycles. The molecule has 0 heterocycles. The van der Waals surface area contributed by atoms with Gasteiger partial charge in [-0.2, -0.15) is 11.8 Å². The third-order valence-corrected chi connectivity index (χ3v) is 4.68. The van der Waals surface area contributed by atoms with Crippen LogP contribution in [0.15, 0.2) is 0 Å². The van der Waals surface area contributed by atoms with E-state index in [2.05, 4.69) is 30.9 Å². The maximum Gasteiger partial charge on any atom is 0.00952 e. The van der Waals surface area contributed by atoms with E-state index in [1.807, 2.05) is 0 Å². The predicted molar refractivity (Wildman–Crippen MR) is 76.3 cm³/mol. The van der Waals surface area contributed by atoms with E-state index in [-0.39, 0.29) is 0 Å². The molecule has 0 aromatic rings. The van der Waals surface area contributed by atoms with E-state index in [0.29, 0.717) is 0 Å². The lowest BCUT2D eigenvalue weighted by atomic mass is 9.93. The van der Waals surface area contributed by atoms with Crippen molar-refractivity contribution in [3.8, 4) is 0 Å². The van der Waals surface area contributed by atoms with Gasteiger partial charge < -0.3 is 5.32 Å². The van der Waals surface area contributed by atoms with Crippen LogP contribution >= 0.6 is 11.8 Å². The summed E-state index contributed by atoms with van der Waals surface area (Å²) in [4.78, 5) is 0. The van der Waals surface area contributed by atoms with Crippen LogP contribution in [0, 0.1) is 5.92 Å². The van der Waals surface area contributed by atoms with Crippen molar-refractivity contribution in [1.29, 1.82) is 0 Å². The zero-order valence-electron chi connectivity index (χ0n) is 11.1. The highest BCUT2D eigenvalue weighted by atomic mass is 32.2. The summed E-state index contributed by atoms with van der Waals surface area (Å²) >= 11 is 2.08. The molecule has 0 aromatic heterocycles. The molecule has 16 heavy (non-hydrogen) atoms. The van der Waals surface area contributed by atoms with Gasteiger partial charge in [0.25, 0.3) is 0 Å². The Morgan fingerprint density at radius 3 is 2.56 bits per heavy atom. The first-order valence-electron chi connectivity index (χ1n) is 7.19. The maximum atomic E-state index is 3.71. The summed E-state index contributed by atoms with van der Waals surface area (Å²) < 4.78 is 0. The average molecular weight is 243 g/mol. The molecule has 1 rings (SSSR count). The number of nitrogens with one attached hydrogen (secondary N) is 1. The third-order valence-electron chi connectivity index (χ3n) is 3.69. The van der Waals surface area contributed by atoms with Gasteiger partial charge in [-0.05, 0) is 49.7 Å². The molecule has 2 heteroatoms. The Hall–Kier alpha value is 0.310. The molecule has 0 spiro atoms. The Labute approximate surface area is 106 Å². The second-order valence-corrected chi connectivity index (χ2v) is 6.30. The first-order valence-corrected chi connectivity index (χ1v) is 8.35. The summed E-state index contributed by atoms with van der Waals surface area (Å²) in [5, 5.41) is 3.71. The minimum Gasteiger partial charge on any atom is -0.314 e. The highest BCUT2D eigenvalue weighted by molar-refractivity contribution is 7.99. The van der Waals surface area contributed by atoms with Crippen molar-refractivity contribution in [3.63, 3.8) is 0 Å². The molecule has 1 aliphatic carbocycles. The molecular formula is C14H29NS. The van der Waals surface area contributed by atoms with Crippen LogP contribution in [0.1, 0.15) is 58.8 Å². The second-order valence-electron chi connectivity index (χ2n) is 4.90. The fraction of sp³-hybridized carbons (Fsp3) is 1.00. The monoisotopic (exact) mass is 243 g/mol. The Morgan fingerprint density at radius 2 is 1.94 bits per heavy atom. The lowest BCUT2D eigenvalue weighted by Crippen LogP contribution is -2.35.